The molecule has 2 aliphatic rings. The average Bonchev–Trinajstić information content (AvgIpc) is 2.87. The molecule has 1 N–H and O–H groups in total. The van der Waals surface area contributed by atoms with E-state index in [1.165, 1.54) is 18.3 Å². The number of carbonyl (C=O) groups excluding carboxylic acids is 2. The van der Waals surface area contributed by atoms with Gasteiger partial charge in [-0.1, -0.05) is 0 Å². The highest BCUT2D eigenvalue weighted by atomic mass is 32.1. The number of aromatic nitrogens is 2. The summed E-state index contributed by atoms with van der Waals surface area (Å²) >= 11 is 1.40. The van der Waals surface area contributed by atoms with Crippen molar-refractivity contribution in [2.45, 2.75) is 6.92 Å². The highest BCUT2D eigenvalue weighted by Crippen LogP contribution is 2.32. The molecule has 112 valence electrons. The van der Waals surface area contributed by atoms with Crippen molar-refractivity contribution in [2.75, 3.05) is 6.61 Å². The van der Waals surface area contributed by atoms with E-state index >= 15 is 0 Å². The number of carbonyl (C=O) groups is 2. The van der Waals surface area contributed by atoms with Crippen LogP contribution in [0.5, 0.6) is 5.75 Å². The van der Waals surface area contributed by atoms with Crippen LogP contribution >= 0.6 is 11.3 Å². The maximum Gasteiger partial charge on any atom is 0.349 e. The van der Waals surface area contributed by atoms with E-state index in [1.54, 1.807) is 23.6 Å². The van der Waals surface area contributed by atoms with Crippen LogP contribution in [0.3, 0.4) is 0 Å². The van der Waals surface area contributed by atoms with Crippen LogP contribution < -0.4 is 10.3 Å². The topological polar surface area (TPSA) is 98.4 Å². The van der Waals surface area contributed by atoms with E-state index in [4.69, 9.17) is 4.74 Å². The van der Waals surface area contributed by atoms with E-state index in [-0.39, 0.29) is 5.56 Å². The fourth-order valence-electron chi connectivity index (χ4n) is 1.95. The Balaban J connectivity index is 1.92. The van der Waals surface area contributed by atoms with Crippen LogP contribution in [0.25, 0.3) is 21.3 Å². The van der Waals surface area contributed by atoms with E-state index in [0.29, 0.717) is 22.4 Å². The van der Waals surface area contributed by atoms with Crippen LogP contribution in [0.4, 0.5) is 0 Å². The standard InChI is InChI=1S/C14H10N2O5S/c1-7(17)20-5-12(18)21-8-2-3-11-9(4-8)13-10(6-22-11)14(19)16-15-13/h2-4,6H,5H2,1H3,(H,16,19). The summed E-state index contributed by atoms with van der Waals surface area (Å²) in [5.41, 5.74) is 0.753. The molecule has 0 saturated carbocycles. The third kappa shape index (κ3) is 2.68. The van der Waals surface area contributed by atoms with Crippen molar-refractivity contribution in [3.05, 3.63) is 33.9 Å². The van der Waals surface area contributed by atoms with E-state index in [9.17, 15) is 14.4 Å². The molecule has 0 aliphatic carbocycles. The first kappa shape index (κ1) is 14.2. The fourth-order valence-corrected chi connectivity index (χ4v) is 2.85. The van der Waals surface area contributed by atoms with Gasteiger partial charge >= 0.3 is 11.9 Å². The van der Waals surface area contributed by atoms with Crippen LogP contribution in [0.15, 0.2) is 28.4 Å². The molecule has 8 heteroatoms. The van der Waals surface area contributed by atoms with Gasteiger partial charge in [0.25, 0.3) is 5.56 Å². The zero-order chi connectivity index (χ0) is 15.7. The van der Waals surface area contributed by atoms with Gasteiger partial charge in [-0.15, -0.1) is 11.3 Å². The van der Waals surface area contributed by atoms with Crippen molar-refractivity contribution in [1.82, 2.24) is 10.2 Å². The summed E-state index contributed by atoms with van der Waals surface area (Å²) in [7, 11) is 0. The van der Waals surface area contributed by atoms with Crippen LogP contribution in [0, 0.1) is 0 Å². The Labute approximate surface area is 127 Å². The third-order valence-electron chi connectivity index (χ3n) is 2.90. The summed E-state index contributed by atoms with van der Waals surface area (Å²) in [6.45, 7) is 0.757. The van der Waals surface area contributed by atoms with Gasteiger partial charge in [0.2, 0.25) is 0 Å². The largest absolute Gasteiger partial charge is 0.454 e. The smallest absolute Gasteiger partial charge is 0.349 e. The second-order valence-electron chi connectivity index (χ2n) is 4.46. The first-order chi connectivity index (χ1) is 10.5. The first-order valence-corrected chi connectivity index (χ1v) is 7.16. The number of ether oxygens (including phenoxy) is 2. The Morgan fingerprint density at radius 2 is 2.18 bits per heavy atom. The molecule has 1 aromatic carbocycles. The van der Waals surface area contributed by atoms with Gasteiger partial charge in [0.15, 0.2) is 6.61 Å². The van der Waals surface area contributed by atoms with Crippen LogP contribution in [0.1, 0.15) is 6.92 Å². The lowest BCUT2D eigenvalue weighted by Crippen LogP contribution is -2.17. The number of nitrogens with one attached hydrogen (secondary N) is 1. The molecular formula is C14H10N2O5S. The Bertz CT molecular complexity index is 898. The minimum atomic E-state index is -0.683. The van der Waals surface area contributed by atoms with Gasteiger partial charge in [-0.2, -0.15) is 5.10 Å². The van der Waals surface area contributed by atoms with Gasteiger partial charge < -0.3 is 9.47 Å². The SMILES string of the molecule is CC(=O)OCC(=O)Oc1ccc2scc3c(=O)[nH]nc-3c2c1. The number of esters is 2. The number of hydrogen-bond donors (Lipinski definition) is 1. The molecule has 22 heavy (non-hydrogen) atoms. The molecule has 0 atom stereocenters. The molecule has 0 spiro atoms. The highest BCUT2D eigenvalue weighted by Gasteiger charge is 2.15. The number of nitrogens with zero attached hydrogens (tertiary/aromatic N) is 1. The monoisotopic (exact) mass is 318 g/mol. The molecule has 0 radical (unpaired) electrons. The van der Waals surface area contributed by atoms with Crippen molar-refractivity contribution in [1.29, 1.82) is 0 Å². The lowest BCUT2D eigenvalue weighted by Gasteiger charge is -2.07. The van der Waals surface area contributed by atoms with Gasteiger partial charge in [0.1, 0.15) is 11.4 Å². The zero-order valence-electron chi connectivity index (χ0n) is 11.4. The Morgan fingerprint density at radius 1 is 1.36 bits per heavy atom. The molecule has 0 amide bonds. The van der Waals surface area contributed by atoms with E-state index in [2.05, 4.69) is 14.9 Å². The van der Waals surface area contributed by atoms with Crippen molar-refractivity contribution in [3.63, 3.8) is 0 Å². The average molecular weight is 318 g/mol. The molecule has 0 fully saturated rings. The number of fused-ring (bicyclic) bond motifs is 3. The lowest BCUT2D eigenvalue weighted by atomic mass is 10.1. The number of benzene rings is 1. The third-order valence-corrected chi connectivity index (χ3v) is 3.87. The summed E-state index contributed by atoms with van der Waals surface area (Å²) in [5, 5.41) is 8.82. The number of aromatic amines is 1. The van der Waals surface area contributed by atoms with Crippen LogP contribution in [0.2, 0.25) is 0 Å². The van der Waals surface area contributed by atoms with Gasteiger partial charge in [-0.3, -0.25) is 9.59 Å². The van der Waals surface area contributed by atoms with Gasteiger partial charge in [0.05, 0.1) is 5.56 Å². The van der Waals surface area contributed by atoms with Crippen LogP contribution in [-0.2, 0) is 14.3 Å². The highest BCUT2D eigenvalue weighted by molar-refractivity contribution is 7.17. The normalized spacial score (nSPS) is 10.8. The second kappa shape index (κ2) is 5.57. The molecule has 0 unspecified atom stereocenters. The molecule has 0 saturated heterocycles. The van der Waals surface area contributed by atoms with Crippen molar-refractivity contribution in [2.24, 2.45) is 0 Å². The second-order valence-corrected chi connectivity index (χ2v) is 5.37. The molecule has 3 rings (SSSR count). The maximum absolute atomic E-state index is 11.6. The summed E-state index contributed by atoms with van der Waals surface area (Å²) in [4.78, 5) is 33.8. The number of rotatable bonds is 3. The Kier molecular flexibility index (Phi) is 3.60. The number of hydrogen-bond acceptors (Lipinski definition) is 7. The maximum atomic E-state index is 11.6. The molecule has 7 nitrogen and oxygen atoms in total. The Hall–Kier alpha value is -2.74. The van der Waals surface area contributed by atoms with E-state index in [0.717, 1.165) is 4.70 Å². The minimum absolute atomic E-state index is 0.259. The zero-order valence-corrected chi connectivity index (χ0v) is 12.2. The van der Waals surface area contributed by atoms with Gasteiger partial charge in [-0.25, -0.2) is 9.89 Å². The van der Waals surface area contributed by atoms with Gasteiger partial charge in [0, 0.05) is 22.4 Å². The molecule has 1 aromatic rings. The summed E-state index contributed by atoms with van der Waals surface area (Å²) in [6, 6.07) is 5.02. The summed E-state index contributed by atoms with van der Waals surface area (Å²) in [6.07, 6.45) is 0. The molecule has 0 bridgehead atoms. The van der Waals surface area contributed by atoms with Gasteiger partial charge in [-0.05, 0) is 18.2 Å². The van der Waals surface area contributed by atoms with Crippen molar-refractivity contribution < 1.29 is 19.1 Å². The van der Waals surface area contributed by atoms with E-state index in [1.807, 2.05) is 0 Å². The van der Waals surface area contributed by atoms with Crippen LogP contribution in [-0.4, -0.2) is 28.7 Å². The number of H-pyrrole nitrogens is 1. The molecule has 2 heterocycles. The Morgan fingerprint density at radius 3 is 2.95 bits per heavy atom. The summed E-state index contributed by atoms with van der Waals surface area (Å²) in [5.74, 6) is -0.949. The van der Waals surface area contributed by atoms with E-state index < -0.39 is 18.5 Å². The first-order valence-electron chi connectivity index (χ1n) is 6.28. The molecular weight excluding hydrogens is 308 g/mol. The summed E-state index contributed by atoms with van der Waals surface area (Å²) < 4.78 is 10.6. The van der Waals surface area contributed by atoms with Crippen molar-refractivity contribution in [3.8, 4) is 17.0 Å². The predicted octanol–water partition coefficient (Wildman–Crippen LogP) is 1.56. The lowest BCUT2D eigenvalue weighted by molar-refractivity contribution is -0.152. The minimum Gasteiger partial charge on any atom is -0.454 e. The fraction of sp³-hybridized carbons (Fsp3) is 0.143. The predicted molar refractivity (Wildman–Crippen MR) is 79.1 cm³/mol. The molecule has 2 aliphatic heterocycles. The van der Waals surface area contributed by atoms with Crippen molar-refractivity contribution >= 4 is 33.4 Å². The quantitative estimate of drug-likeness (QED) is 0.581. The molecule has 0 aromatic heterocycles.